The van der Waals surface area contributed by atoms with E-state index < -0.39 is 0 Å². The van der Waals surface area contributed by atoms with Gasteiger partial charge in [-0.1, -0.05) is 37.3 Å². The number of hydrogen-bond acceptors (Lipinski definition) is 5. The van der Waals surface area contributed by atoms with Gasteiger partial charge in [0.05, 0.1) is 13.2 Å². The number of thiophene rings is 1. The molecule has 178 valence electrons. The lowest BCUT2D eigenvalue weighted by Gasteiger charge is -2.37. The number of para-hydroxylation sites is 2. The summed E-state index contributed by atoms with van der Waals surface area (Å²) in [5.74, 6) is 1.12. The molecule has 34 heavy (non-hydrogen) atoms. The Morgan fingerprint density at radius 1 is 1.06 bits per heavy atom. The van der Waals surface area contributed by atoms with E-state index in [9.17, 15) is 9.59 Å². The van der Waals surface area contributed by atoms with Gasteiger partial charge in [-0.3, -0.25) is 9.59 Å². The van der Waals surface area contributed by atoms with E-state index in [2.05, 4.69) is 11.4 Å². The summed E-state index contributed by atoms with van der Waals surface area (Å²) >= 11 is 1.71. The Bertz CT molecular complexity index is 1110. The fraction of sp³-hybridized carbons (Fsp3) is 0.333. The zero-order valence-electron chi connectivity index (χ0n) is 19.6. The van der Waals surface area contributed by atoms with Crippen LogP contribution in [-0.4, -0.2) is 55.0 Å². The van der Waals surface area contributed by atoms with Gasteiger partial charge in [-0.15, -0.1) is 11.3 Å². The standard InChI is InChI=1S/C27H30N2O4S/c1-3-15-28(27(31)20-9-5-4-6-10-20)18-26(30)29-16-13-25-21(14-17-34-25)22(29)19-33-24-12-8-7-11-23(24)32-2/h4-12,14,17,22H,3,13,15-16,18-19H2,1-2H3/t22-/m1/s1. The second-order valence-corrected chi connectivity index (χ2v) is 9.21. The number of fused-ring (bicyclic) bond motifs is 1. The van der Waals surface area contributed by atoms with Gasteiger partial charge in [0.1, 0.15) is 13.2 Å². The van der Waals surface area contributed by atoms with Crippen molar-refractivity contribution in [3.05, 3.63) is 82.0 Å². The molecule has 2 aromatic carbocycles. The monoisotopic (exact) mass is 478 g/mol. The number of methoxy groups -OCH3 is 1. The van der Waals surface area contributed by atoms with Crippen molar-refractivity contribution in [1.82, 2.24) is 9.80 Å². The molecule has 0 N–H and O–H groups in total. The fourth-order valence-corrected chi connectivity index (χ4v) is 5.25. The van der Waals surface area contributed by atoms with Gasteiger partial charge in [0.2, 0.25) is 5.91 Å². The summed E-state index contributed by atoms with van der Waals surface area (Å²) in [5.41, 5.74) is 1.72. The number of ether oxygens (including phenoxy) is 2. The van der Waals surface area contributed by atoms with Crippen LogP contribution < -0.4 is 9.47 Å². The minimum atomic E-state index is -0.220. The third kappa shape index (κ3) is 5.25. The summed E-state index contributed by atoms with van der Waals surface area (Å²) in [4.78, 5) is 31.4. The first-order valence-electron chi connectivity index (χ1n) is 11.6. The van der Waals surface area contributed by atoms with Crippen LogP contribution in [0.3, 0.4) is 0 Å². The molecule has 1 atom stereocenters. The van der Waals surface area contributed by atoms with E-state index in [1.807, 2.05) is 54.3 Å². The van der Waals surface area contributed by atoms with Gasteiger partial charge in [-0.05, 0) is 54.1 Å². The van der Waals surface area contributed by atoms with Crippen LogP contribution in [0, 0.1) is 0 Å². The van der Waals surface area contributed by atoms with Gasteiger partial charge in [-0.2, -0.15) is 0 Å². The summed E-state index contributed by atoms with van der Waals surface area (Å²) < 4.78 is 11.6. The number of benzene rings is 2. The number of amides is 2. The minimum Gasteiger partial charge on any atom is -0.493 e. The Labute approximate surface area is 204 Å². The third-order valence-corrected chi connectivity index (χ3v) is 7.01. The van der Waals surface area contributed by atoms with Crippen LogP contribution in [0.2, 0.25) is 0 Å². The second kappa shape index (κ2) is 11.2. The van der Waals surface area contributed by atoms with Crippen molar-refractivity contribution in [1.29, 1.82) is 0 Å². The molecule has 2 amide bonds. The van der Waals surface area contributed by atoms with E-state index in [1.54, 1.807) is 35.5 Å². The van der Waals surface area contributed by atoms with Crippen molar-refractivity contribution in [3.63, 3.8) is 0 Å². The Kier molecular flexibility index (Phi) is 7.85. The molecule has 4 rings (SSSR count). The molecule has 0 bridgehead atoms. The van der Waals surface area contributed by atoms with Gasteiger partial charge >= 0.3 is 0 Å². The van der Waals surface area contributed by atoms with Crippen LogP contribution in [0.25, 0.3) is 0 Å². The lowest BCUT2D eigenvalue weighted by atomic mass is 10.0. The molecular weight excluding hydrogens is 448 g/mol. The average Bonchev–Trinajstić information content (AvgIpc) is 3.36. The number of carbonyl (C=O) groups excluding carboxylic acids is 2. The smallest absolute Gasteiger partial charge is 0.254 e. The van der Waals surface area contributed by atoms with E-state index >= 15 is 0 Å². The van der Waals surface area contributed by atoms with Crippen molar-refractivity contribution in [3.8, 4) is 11.5 Å². The predicted molar refractivity (Wildman–Crippen MR) is 134 cm³/mol. The molecule has 0 fully saturated rings. The van der Waals surface area contributed by atoms with Crippen LogP contribution in [-0.2, 0) is 11.2 Å². The Balaban J connectivity index is 1.53. The van der Waals surface area contributed by atoms with Crippen molar-refractivity contribution in [2.45, 2.75) is 25.8 Å². The molecule has 0 saturated carbocycles. The normalized spacial score (nSPS) is 14.9. The Morgan fingerprint density at radius 3 is 2.53 bits per heavy atom. The van der Waals surface area contributed by atoms with E-state index in [0.717, 1.165) is 18.4 Å². The van der Waals surface area contributed by atoms with Gasteiger partial charge in [0, 0.05) is 23.5 Å². The predicted octanol–water partition coefficient (Wildman–Crippen LogP) is 4.81. The highest BCUT2D eigenvalue weighted by molar-refractivity contribution is 7.10. The topological polar surface area (TPSA) is 59.1 Å². The zero-order valence-corrected chi connectivity index (χ0v) is 20.4. The molecule has 1 aromatic heterocycles. The number of carbonyl (C=O) groups is 2. The van der Waals surface area contributed by atoms with E-state index in [1.165, 1.54) is 4.88 Å². The Morgan fingerprint density at radius 2 is 1.79 bits per heavy atom. The average molecular weight is 479 g/mol. The molecule has 6 nitrogen and oxygen atoms in total. The molecule has 3 aromatic rings. The van der Waals surface area contributed by atoms with Crippen LogP contribution in [0.4, 0.5) is 0 Å². The van der Waals surface area contributed by atoms with Gasteiger partial charge in [-0.25, -0.2) is 0 Å². The maximum absolute atomic E-state index is 13.6. The molecule has 2 heterocycles. The van der Waals surface area contributed by atoms with Crippen molar-refractivity contribution in [2.24, 2.45) is 0 Å². The molecule has 0 aliphatic carbocycles. The zero-order chi connectivity index (χ0) is 23.9. The molecule has 0 saturated heterocycles. The van der Waals surface area contributed by atoms with Crippen molar-refractivity contribution in [2.75, 3.05) is 33.4 Å². The maximum atomic E-state index is 13.6. The lowest BCUT2D eigenvalue weighted by molar-refractivity contribution is -0.135. The fourth-order valence-electron chi connectivity index (χ4n) is 4.32. The van der Waals surface area contributed by atoms with Crippen molar-refractivity contribution >= 4 is 23.2 Å². The van der Waals surface area contributed by atoms with Gasteiger partial charge < -0.3 is 19.3 Å². The highest BCUT2D eigenvalue weighted by atomic mass is 32.1. The summed E-state index contributed by atoms with van der Waals surface area (Å²) in [6, 6.07) is 18.5. The molecular formula is C27H30N2O4S. The summed E-state index contributed by atoms with van der Waals surface area (Å²) in [7, 11) is 1.61. The number of rotatable bonds is 9. The molecule has 7 heteroatoms. The van der Waals surface area contributed by atoms with Gasteiger partial charge in [0.15, 0.2) is 11.5 Å². The summed E-state index contributed by atoms with van der Waals surface area (Å²) in [6.45, 7) is 3.51. The molecule has 1 aliphatic heterocycles. The summed E-state index contributed by atoms with van der Waals surface area (Å²) in [5, 5.41) is 2.07. The number of hydrogen-bond donors (Lipinski definition) is 0. The summed E-state index contributed by atoms with van der Waals surface area (Å²) in [6.07, 6.45) is 1.59. The van der Waals surface area contributed by atoms with Crippen LogP contribution in [0.5, 0.6) is 11.5 Å². The lowest BCUT2D eigenvalue weighted by Crippen LogP contribution is -2.48. The van der Waals surface area contributed by atoms with Gasteiger partial charge in [0.25, 0.3) is 5.91 Å². The highest BCUT2D eigenvalue weighted by Crippen LogP contribution is 2.35. The maximum Gasteiger partial charge on any atom is 0.254 e. The molecule has 0 spiro atoms. The minimum absolute atomic E-state index is 0.0478. The third-order valence-electron chi connectivity index (χ3n) is 6.01. The van der Waals surface area contributed by atoms with E-state index in [4.69, 9.17) is 9.47 Å². The number of nitrogens with zero attached hydrogens (tertiary/aromatic N) is 2. The van der Waals surface area contributed by atoms with E-state index in [-0.39, 0.29) is 24.4 Å². The highest BCUT2D eigenvalue weighted by Gasteiger charge is 2.33. The van der Waals surface area contributed by atoms with Crippen LogP contribution in [0.1, 0.15) is 40.2 Å². The Hall–Kier alpha value is -3.32. The first kappa shape index (κ1) is 23.8. The second-order valence-electron chi connectivity index (χ2n) is 8.21. The molecule has 0 unspecified atom stereocenters. The van der Waals surface area contributed by atoms with E-state index in [0.29, 0.717) is 36.8 Å². The molecule has 1 aliphatic rings. The van der Waals surface area contributed by atoms with Crippen LogP contribution >= 0.6 is 11.3 Å². The largest absolute Gasteiger partial charge is 0.493 e. The van der Waals surface area contributed by atoms with Crippen molar-refractivity contribution < 1.29 is 19.1 Å². The molecule has 0 radical (unpaired) electrons. The first-order valence-corrected chi connectivity index (χ1v) is 12.5. The van der Waals surface area contributed by atoms with Crippen LogP contribution in [0.15, 0.2) is 66.0 Å². The first-order chi connectivity index (χ1) is 16.6. The SMILES string of the molecule is CCCN(CC(=O)N1CCc2sccc2[C@H]1COc1ccccc1OC)C(=O)c1ccccc1. The quantitative estimate of drug-likeness (QED) is 0.443.